The van der Waals surface area contributed by atoms with Crippen molar-refractivity contribution in [2.75, 3.05) is 20.7 Å². The molecule has 0 aromatic heterocycles. The Balaban J connectivity index is 0.000000442. The predicted octanol–water partition coefficient (Wildman–Crippen LogP) is 2.31. The average Bonchev–Trinajstić information content (AvgIpc) is 2.34. The quantitative estimate of drug-likeness (QED) is 0.709. The van der Waals surface area contributed by atoms with Crippen molar-refractivity contribution in [1.82, 2.24) is 4.90 Å². The summed E-state index contributed by atoms with van der Waals surface area (Å²) in [5, 5.41) is 7.00. The highest BCUT2D eigenvalue weighted by atomic mass is 16.2. The summed E-state index contributed by atoms with van der Waals surface area (Å²) >= 11 is 0. The van der Waals surface area contributed by atoms with Crippen LogP contribution in [0.5, 0.6) is 0 Å². The fourth-order valence-corrected chi connectivity index (χ4v) is 1.64. The molecule has 0 spiro atoms. The van der Waals surface area contributed by atoms with Gasteiger partial charge in [-0.25, -0.2) is 0 Å². The van der Waals surface area contributed by atoms with Crippen LogP contribution in [0.15, 0.2) is 24.3 Å². The van der Waals surface area contributed by atoms with Crippen molar-refractivity contribution in [3.8, 4) is 0 Å². The zero-order chi connectivity index (χ0) is 11.7. The molecule has 1 aliphatic heterocycles. The molecule has 1 aliphatic rings. The van der Waals surface area contributed by atoms with Crippen LogP contribution in [0.1, 0.15) is 25.0 Å². The highest BCUT2D eigenvalue weighted by Crippen LogP contribution is 2.16. The summed E-state index contributed by atoms with van der Waals surface area (Å²) in [5.41, 5.74) is 3.03. The number of aliphatic hydroxyl groups excluding tert-OH is 1. The SMILES string of the molecule is CC.CN1CCc2ccccc2C1.CO. The van der Waals surface area contributed by atoms with Crippen molar-refractivity contribution in [2.45, 2.75) is 26.8 Å². The summed E-state index contributed by atoms with van der Waals surface area (Å²) in [6, 6.07) is 8.72. The van der Waals surface area contributed by atoms with Gasteiger partial charge in [0.1, 0.15) is 0 Å². The molecule has 15 heavy (non-hydrogen) atoms. The van der Waals surface area contributed by atoms with E-state index in [4.69, 9.17) is 5.11 Å². The highest BCUT2D eigenvalue weighted by molar-refractivity contribution is 5.28. The summed E-state index contributed by atoms with van der Waals surface area (Å²) in [6.45, 7) is 6.33. The van der Waals surface area contributed by atoms with Crippen LogP contribution in [0, 0.1) is 0 Å². The zero-order valence-electron chi connectivity index (χ0n) is 10.3. The van der Waals surface area contributed by atoms with Gasteiger partial charge < -0.3 is 10.0 Å². The standard InChI is InChI=1S/C10H13N.C2H6.CH4O/c1-11-7-6-9-4-2-3-5-10(9)8-11;2*1-2/h2-5H,6-8H2,1H3;1-2H3;2H,1H3. The first kappa shape index (κ1) is 14.1. The van der Waals surface area contributed by atoms with Gasteiger partial charge in [-0.15, -0.1) is 0 Å². The van der Waals surface area contributed by atoms with Gasteiger partial charge in [0.15, 0.2) is 0 Å². The molecular formula is C13H23NO. The Morgan fingerprint density at radius 1 is 1.07 bits per heavy atom. The van der Waals surface area contributed by atoms with Gasteiger partial charge in [0.05, 0.1) is 0 Å². The van der Waals surface area contributed by atoms with E-state index < -0.39 is 0 Å². The van der Waals surface area contributed by atoms with Crippen LogP contribution >= 0.6 is 0 Å². The fourth-order valence-electron chi connectivity index (χ4n) is 1.64. The van der Waals surface area contributed by atoms with Crippen molar-refractivity contribution in [1.29, 1.82) is 0 Å². The van der Waals surface area contributed by atoms with E-state index >= 15 is 0 Å². The minimum absolute atomic E-state index is 1.00. The van der Waals surface area contributed by atoms with E-state index in [1.165, 1.54) is 24.1 Å². The fraction of sp³-hybridized carbons (Fsp3) is 0.538. The molecule has 0 radical (unpaired) electrons. The van der Waals surface area contributed by atoms with Gasteiger partial charge in [-0.2, -0.15) is 0 Å². The number of rotatable bonds is 0. The molecule has 0 fully saturated rings. The second kappa shape index (κ2) is 8.45. The Labute approximate surface area is 93.5 Å². The number of nitrogens with zero attached hydrogens (tertiary/aromatic N) is 1. The minimum atomic E-state index is 1.00. The van der Waals surface area contributed by atoms with E-state index in [9.17, 15) is 0 Å². The number of likely N-dealkylation sites (N-methyl/N-ethyl adjacent to an activating group) is 1. The molecule has 2 rings (SSSR count). The van der Waals surface area contributed by atoms with Crippen LogP contribution in [0.4, 0.5) is 0 Å². The third-order valence-electron chi connectivity index (χ3n) is 2.32. The van der Waals surface area contributed by atoms with Gasteiger partial charge in [-0.3, -0.25) is 0 Å². The maximum absolute atomic E-state index is 7.00. The van der Waals surface area contributed by atoms with E-state index in [0.717, 1.165) is 13.7 Å². The first-order chi connectivity index (χ1) is 7.36. The van der Waals surface area contributed by atoms with E-state index in [0.29, 0.717) is 0 Å². The molecule has 0 amide bonds. The first-order valence-corrected chi connectivity index (χ1v) is 5.56. The topological polar surface area (TPSA) is 23.5 Å². The minimum Gasteiger partial charge on any atom is -0.400 e. The van der Waals surface area contributed by atoms with Gasteiger partial charge in [0.25, 0.3) is 0 Å². The maximum atomic E-state index is 7.00. The lowest BCUT2D eigenvalue weighted by molar-refractivity contribution is 0.313. The summed E-state index contributed by atoms with van der Waals surface area (Å²) in [6.07, 6.45) is 1.21. The van der Waals surface area contributed by atoms with Gasteiger partial charge >= 0.3 is 0 Å². The molecule has 0 unspecified atom stereocenters. The van der Waals surface area contributed by atoms with Crippen molar-refractivity contribution in [2.24, 2.45) is 0 Å². The molecule has 0 atom stereocenters. The lowest BCUT2D eigenvalue weighted by atomic mass is 10.0. The number of hydrogen-bond donors (Lipinski definition) is 1. The molecular weight excluding hydrogens is 186 g/mol. The second-order valence-corrected chi connectivity index (χ2v) is 3.26. The van der Waals surface area contributed by atoms with Crippen molar-refractivity contribution in [3.63, 3.8) is 0 Å². The third kappa shape index (κ3) is 4.45. The van der Waals surface area contributed by atoms with E-state index in [2.05, 4.69) is 36.2 Å². The van der Waals surface area contributed by atoms with Gasteiger partial charge in [-0.05, 0) is 24.6 Å². The van der Waals surface area contributed by atoms with Gasteiger partial charge in [0.2, 0.25) is 0 Å². The Morgan fingerprint density at radius 3 is 2.20 bits per heavy atom. The predicted molar refractivity (Wildman–Crippen MR) is 66.0 cm³/mol. The molecule has 2 nitrogen and oxygen atoms in total. The Hall–Kier alpha value is -0.860. The van der Waals surface area contributed by atoms with Crippen molar-refractivity contribution in [3.05, 3.63) is 35.4 Å². The highest BCUT2D eigenvalue weighted by Gasteiger charge is 2.10. The number of fused-ring (bicyclic) bond motifs is 1. The molecule has 1 aromatic carbocycles. The van der Waals surface area contributed by atoms with Crippen molar-refractivity contribution >= 4 is 0 Å². The van der Waals surface area contributed by atoms with Crippen LogP contribution in [0.2, 0.25) is 0 Å². The monoisotopic (exact) mass is 209 g/mol. The van der Waals surface area contributed by atoms with Crippen LogP contribution in [-0.2, 0) is 13.0 Å². The average molecular weight is 209 g/mol. The molecule has 86 valence electrons. The van der Waals surface area contributed by atoms with Crippen molar-refractivity contribution < 1.29 is 5.11 Å². The van der Waals surface area contributed by atoms with Crippen LogP contribution in [0.25, 0.3) is 0 Å². The molecule has 0 bridgehead atoms. The smallest absolute Gasteiger partial charge is 0.0319 e. The van der Waals surface area contributed by atoms with Crippen LogP contribution in [0.3, 0.4) is 0 Å². The third-order valence-corrected chi connectivity index (χ3v) is 2.32. The molecule has 0 saturated heterocycles. The molecule has 2 heteroatoms. The first-order valence-electron chi connectivity index (χ1n) is 5.56. The Bertz CT molecular complexity index is 260. The Morgan fingerprint density at radius 2 is 1.60 bits per heavy atom. The molecule has 1 aromatic rings. The summed E-state index contributed by atoms with van der Waals surface area (Å²) in [7, 11) is 3.18. The number of hydrogen-bond acceptors (Lipinski definition) is 2. The second-order valence-electron chi connectivity index (χ2n) is 3.26. The van der Waals surface area contributed by atoms with Crippen LogP contribution in [-0.4, -0.2) is 30.7 Å². The summed E-state index contributed by atoms with van der Waals surface area (Å²) in [4.78, 5) is 2.36. The van der Waals surface area contributed by atoms with E-state index in [-0.39, 0.29) is 0 Å². The zero-order valence-corrected chi connectivity index (χ0v) is 10.3. The normalized spacial score (nSPS) is 13.9. The number of aliphatic hydroxyl groups is 1. The summed E-state index contributed by atoms with van der Waals surface area (Å²) < 4.78 is 0. The molecule has 1 heterocycles. The van der Waals surface area contributed by atoms with E-state index in [1.54, 1.807) is 0 Å². The Kier molecular flexibility index (Phi) is 7.96. The van der Waals surface area contributed by atoms with E-state index in [1.807, 2.05) is 13.8 Å². The largest absolute Gasteiger partial charge is 0.400 e. The molecule has 0 saturated carbocycles. The lowest BCUT2D eigenvalue weighted by Crippen LogP contribution is -2.26. The lowest BCUT2D eigenvalue weighted by Gasteiger charge is -2.24. The van der Waals surface area contributed by atoms with Gasteiger partial charge in [0, 0.05) is 20.2 Å². The number of benzene rings is 1. The maximum Gasteiger partial charge on any atom is 0.0319 e. The van der Waals surface area contributed by atoms with Crippen LogP contribution < -0.4 is 0 Å². The summed E-state index contributed by atoms with van der Waals surface area (Å²) in [5.74, 6) is 0. The van der Waals surface area contributed by atoms with Gasteiger partial charge in [-0.1, -0.05) is 38.1 Å². The molecule has 1 N–H and O–H groups in total. The molecule has 0 aliphatic carbocycles.